The summed E-state index contributed by atoms with van der Waals surface area (Å²) >= 11 is 7.89. The third-order valence-electron chi connectivity index (χ3n) is 7.72. The molecule has 1 atom stereocenters. The highest BCUT2D eigenvalue weighted by atomic mass is 35.5. The SMILES string of the molecule is Cc1sc2c(c1C)C(c1ccc(Cl)cc1)=NC(NC(=O)NC1CCN(Cc3ccccc3)CC1)c1nnc(C)n1-2. The van der Waals surface area contributed by atoms with Crippen molar-refractivity contribution in [1.82, 2.24) is 30.3 Å². The fraction of sp³-hybridized carbons (Fsp3) is 0.333. The number of aryl methyl sites for hydroxylation is 2. The zero-order chi connectivity index (χ0) is 27.8. The molecule has 0 bridgehead atoms. The van der Waals surface area contributed by atoms with E-state index in [-0.39, 0.29) is 12.1 Å². The number of halogens is 1. The van der Waals surface area contributed by atoms with Crippen molar-refractivity contribution in [1.29, 1.82) is 0 Å². The molecule has 0 aliphatic carbocycles. The highest BCUT2D eigenvalue weighted by Crippen LogP contribution is 2.38. The number of urea groups is 1. The predicted octanol–water partition coefficient (Wildman–Crippen LogP) is 5.72. The minimum Gasteiger partial charge on any atom is -0.335 e. The van der Waals surface area contributed by atoms with Gasteiger partial charge < -0.3 is 10.6 Å². The Morgan fingerprint density at radius 2 is 1.73 bits per heavy atom. The molecular weight excluding hydrogens is 542 g/mol. The maximum atomic E-state index is 13.3. The normalized spacial score (nSPS) is 17.5. The van der Waals surface area contributed by atoms with Crippen molar-refractivity contribution in [3.63, 3.8) is 0 Å². The molecule has 1 unspecified atom stereocenters. The first-order valence-electron chi connectivity index (χ1n) is 13.6. The number of amides is 2. The summed E-state index contributed by atoms with van der Waals surface area (Å²) in [6, 6.07) is 18.0. The van der Waals surface area contributed by atoms with Gasteiger partial charge in [0.1, 0.15) is 10.8 Å². The van der Waals surface area contributed by atoms with Crippen LogP contribution in [0.25, 0.3) is 5.00 Å². The zero-order valence-corrected chi connectivity index (χ0v) is 24.4. The molecule has 0 spiro atoms. The molecule has 8 nitrogen and oxygen atoms in total. The van der Waals surface area contributed by atoms with E-state index in [1.807, 2.05) is 41.8 Å². The summed E-state index contributed by atoms with van der Waals surface area (Å²) in [5, 5.41) is 16.8. The molecule has 2 aliphatic heterocycles. The van der Waals surface area contributed by atoms with Crippen molar-refractivity contribution in [3.05, 3.63) is 98.4 Å². The molecule has 2 aromatic heterocycles. The number of hydrogen-bond acceptors (Lipinski definition) is 6. The first-order chi connectivity index (χ1) is 19.4. The standard InChI is InChI=1S/C30H32ClN7OS/c1-18-19(2)40-29-25(18)26(22-9-11-23(31)12-10-22)33-27(28-36-35-20(3)38(28)29)34-30(39)32-24-13-15-37(16-14-24)17-21-7-5-4-6-8-21/h4-12,24,27H,13-17H2,1-3H3,(H2,32,34,39). The zero-order valence-electron chi connectivity index (χ0n) is 22.8. The molecule has 0 saturated carbocycles. The molecule has 4 heterocycles. The summed E-state index contributed by atoms with van der Waals surface area (Å²) in [5.41, 5.74) is 5.23. The molecule has 1 saturated heterocycles. The van der Waals surface area contributed by atoms with E-state index in [0.717, 1.165) is 65.7 Å². The Balaban J connectivity index is 1.23. The number of nitrogens with one attached hydrogen (secondary N) is 2. The number of carbonyl (C=O) groups is 1. The van der Waals surface area contributed by atoms with E-state index in [4.69, 9.17) is 16.6 Å². The van der Waals surface area contributed by atoms with Crippen LogP contribution in [0.2, 0.25) is 5.02 Å². The average Bonchev–Trinajstić information content (AvgIpc) is 3.43. The summed E-state index contributed by atoms with van der Waals surface area (Å²) in [7, 11) is 0. The highest BCUT2D eigenvalue weighted by molar-refractivity contribution is 7.15. The Bertz CT molecular complexity index is 1550. The first-order valence-corrected chi connectivity index (χ1v) is 14.8. The lowest BCUT2D eigenvalue weighted by molar-refractivity contribution is 0.185. The Morgan fingerprint density at radius 1 is 1.00 bits per heavy atom. The monoisotopic (exact) mass is 573 g/mol. The highest BCUT2D eigenvalue weighted by Gasteiger charge is 2.32. The summed E-state index contributed by atoms with van der Waals surface area (Å²) in [5.74, 6) is 1.35. The van der Waals surface area contributed by atoms with E-state index in [0.29, 0.717) is 10.8 Å². The molecular formula is C30H32ClN7OS. The number of fused-ring (bicyclic) bond motifs is 3. The number of thiophene rings is 1. The van der Waals surface area contributed by atoms with Crippen LogP contribution < -0.4 is 10.6 Å². The van der Waals surface area contributed by atoms with Gasteiger partial charge in [-0.2, -0.15) is 0 Å². The Kier molecular flexibility index (Phi) is 7.44. The molecule has 2 N–H and O–H groups in total. The first kappa shape index (κ1) is 26.7. The van der Waals surface area contributed by atoms with Gasteiger partial charge in [-0.3, -0.25) is 14.5 Å². The largest absolute Gasteiger partial charge is 0.335 e. The van der Waals surface area contributed by atoms with Gasteiger partial charge in [0.15, 0.2) is 12.0 Å². The van der Waals surface area contributed by atoms with Gasteiger partial charge in [0.05, 0.1) is 5.71 Å². The summed E-state index contributed by atoms with van der Waals surface area (Å²) in [4.78, 5) is 22.1. The fourth-order valence-electron chi connectivity index (χ4n) is 5.46. The number of aliphatic imine (C=N–C) groups is 1. The minimum atomic E-state index is -0.704. The van der Waals surface area contributed by atoms with E-state index in [1.54, 1.807) is 11.3 Å². The van der Waals surface area contributed by atoms with Gasteiger partial charge in [-0.15, -0.1) is 21.5 Å². The van der Waals surface area contributed by atoms with Crippen molar-refractivity contribution in [2.75, 3.05) is 13.1 Å². The number of hydrogen-bond donors (Lipinski definition) is 2. The number of piperidine rings is 1. The lowest BCUT2D eigenvalue weighted by Crippen LogP contribution is -2.48. The number of carbonyl (C=O) groups excluding carboxylic acids is 1. The molecule has 206 valence electrons. The second-order valence-electron chi connectivity index (χ2n) is 10.4. The van der Waals surface area contributed by atoms with Gasteiger partial charge in [0.25, 0.3) is 0 Å². The molecule has 4 aromatic rings. The molecule has 2 aromatic carbocycles. The van der Waals surface area contributed by atoms with Crippen LogP contribution in [0.3, 0.4) is 0 Å². The lowest BCUT2D eigenvalue weighted by Gasteiger charge is -2.32. The second kappa shape index (κ2) is 11.2. The van der Waals surface area contributed by atoms with Gasteiger partial charge in [0, 0.05) is 46.7 Å². The van der Waals surface area contributed by atoms with Crippen molar-refractivity contribution in [2.24, 2.45) is 4.99 Å². The van der Waals surface area contributed by atoms with E-state index in [2.05, 4.69) is 63.8 Å². The Labute approximate surface area is 243 Å². The van der Waals surface area contributed by atoms with Gasteiger partial charge in [0.2, 0.25) is 0 Å². The number of benzene rings is 2. The van der Waals surface area contributed by atoms with Gasteiger partial charge >= 0.3 is 6.03 Å². The third-order valence-corrected chi connectivity index (χ3v) is 9.16. The number of nitrogens with zero attached hydrogens (tertiary/aromatic N) is 5. The van der Waals surface area contributed by atoms with Crippen LogP contribution in [0.5, 0.6) is 0 Å². The van der Waals surface area contributed by atoms with Crippen molar-refractivity contribution < 1.29 is 4.79 Å². The molecule has 40 heavy (non-hydrogen) atoms. The van der Waals surface area contributed by atoms with Gasteiger partial charge in [-0.1, -0.05) is 54.1 Å². The minimum absolute atomic E-state index is 0.101. The van der Waals surface area contributed by atoms with Gasteiger partial charge in [-0.25, -0.2) is 4.79 Å². The molecule has 1 fully saturated rings. The summed E-state index contributed by atoms with van der Waals surface area (Å²) < 4.78 is 2.03. The number of aromatic nitrogens is 3. The van der Waals surface area contributed by atoms with Crippen LogP contribution in [0.1, 0.15) is 57.8 Å². The smallest absolute Gasteiger partial charge is 0.317 e. The Hall–Kier alpha value is -3.53. The van der Waals surface area contributed by atoms with Crippen molar-refractivity contribution in [2.45, 2.75) is 52.4 Å². The van der Waals surface area contributed by atoms with Gasteiger partial charge in [-0.05, 0) is 56.9 Å². The number of likely N-dealkylation sites (tertiary alicyclic amines) is 1. The average molecular weight is 574 g/mol. The lowest BCUT2D eigenvalue weighted by atomic mass is 10.00. The third kappa shape index (κ3) is 5.29. The molecule has 0 radical (unpaired) electrons. The van der Waals surface area contributed by atoms with E-state index < -0.39 is 6.17 Å². The predicted molar refractivity (Wildman–Crippen MR) is 160 cm³/mol. The van der Waals surface area contributed by atoms with Crippen molar-refractivity contribution >= 4 is 34.7 Å². The van der Waals surface area contributed by atoms with E-state index >= 15 is 0 Å². The van der Waals surface area contributed by atoms with E-state index in [9.17, 15) is 4.79 Å². The van der Waals surface area contributed by atoms with Crippen LogP contribution in [-0.4, -0.2) is 50.5 Å². The summed E-state index contributed by atoms with van der Waals surface area (Å²) in [6.45, 7) is 8.96. The molecule has 2 amide bonds. The van der Waals surface area contributed by atoms with Crippen LogP contribution in [-0.2, 0) is 6.54 Å². The quantitative estimate of drug-likeness (QED) is 0.320. The topological polar surface area (TPSA) is 87.4 Å². The Morgan fingerprint density at radius 3 is 2.45 bits per heavy atom. The van der Waals surface area contributed by atoms with Crippen LogP contribution in [0.4, 0.5) is 4.79 Å². The molecule has 10 heteroatoms. The second-order valence-corrected chi connectivity index (χ2v) is 12.1. The number of rotatable bonds is 5. The van der Waals surface area contributed by atoms with Crippen LogP contribution >= 0.6 is 22.9 Å². The maximum absolute atomic E-state index is 13.3. The molecule has 6 rings (SSSR count). The van der Waals surface area contributed by atoms with Crippen molar-refractivity contribution in [3.8, 4) is 5.00 Å². The summed E-state index contributed by atoms with van der Waals surface area (Å²) in [6.07, 6.45) is 1.09. The van der Waals surface area contributed by atoms with Crippen LogP contribution in [0.15, 0.2) is 59.6 Å². The van der Waals surface area contributed by atoms with Crippen LogP contribution in [0, 0.1) is 20.8 Å². The molecule has 2 aliphatic rings. The fourth-order valence-corrected chi connectivity index (χ4v) is 6.80. The maximum Gasteiger partial charge on any atom is 0.317 e. The van der Waals surface area contributed by atoms with E-state index in [1.165, 1.54) is 10.4 Å².